The molecule has 4 N–H and O–H groups in total. The number of nitrogens with one attached hydrogen (secondary N) is 4. The number of anilines is 4. The van der Waals surface area contributed by atoms with Gasteiger partial charge in [0.25, 0.3) is 35.2 Å². The Labute approximate surface area is 350 Å². The van der Waals surface area contributed by atoms with Crippen LogP contribution in [0.3, 0.4) is 0 Å². The van der Waals surface area contributed by atoms with Crippen LogP contribution in [0.1, 0.15) is 20.3 Å². The Kier molecular flexibility index (Phi) is 12.6. The lowest BCUT2D eigenvalue weighted by Gasteiger charge is -2.34. The fraction of sp³-hybridized carbons (Fsp3) is 0.200. The Hall–Kier alpha value is -7.88. The molecule has 312 valence electrons. The number of methoxy groups -OCH3 is 2. The number of ether oxygens (including phenoxy) is 2. The molecule has 4 amide bonds. The standard InChI is InChI=1S/C45H42N6O10/c1-44(42(58)60-3)32(34(48-28-18-9-5-10-19-28)40(56)50(44)30-22-13-7-14-23-30)36(52)38(54)46-26-17-27-47-39(55)37(53)33-35(49-29-20-11-6-12-21-29)41(57)51(31-24-15-8-16-25-31)45(33,2)43(59)61-4/h5-16,18-25,48-49H,17,26-27H2,1-4H3,(H,46,54)(H,47,55)/t44-,45-/m0/s1. The van der Waals surface area contributed by atoms with Gasteiger partial charge in [-0.05, 0) is 68.8 Å². The summed E-state index contributed by atoms with van der Waals surface area (Å²) in [6.45, 7) is 2.22. The summed E-state index contributed by atoms with van der Waals surface area (Å²) in [5.74, 6) is -8.19. The Morgan fingerprint density at radius 1 is 0.508 bits per heavy atom. The average Bonchev–Trinajstić information content (AvgIpc) is 3.64. The molecule has 0 radical (unpaired) electrons. The van der Waals surface area contributed by atoms with Crippen molar-refractivity contribution in [1.82, 2.24) is 10.6 Å². The molecule has 6 rings (SSSR count). The lowest BCUT2D eigenvalue weighted by atomic mass is 9.88. The highest BCUT2D eigenvalue weighted by molar-refractivity contribution is 6.48. The first-order valence-corrected chi connectivity index (χ1v) is 19.0. The molecule has 2 aliphatic heterocycles. The van der Waals surface area contributed by atoms with E-state index >= 15 is 0 Å². The van der Waals surface area contributed by atoms with Crippen LogP contribution in [0, 0.1) is 0 Å². The summed E-state index contributed by atoms with van der Waals surface area (Å²) in [6, 6.07) is 33.1. The number of Topliss-reactive ketones (excluding diaryl/α,β-unsaturated/α-hetero) is 2. The molecule has 0 bridgehead atoms. The van der Waals surface area contributed by atoms with Crippen LogP contribution in [-0.4, -0.2) is 85.5 Å². The van der Waals surface area contributed by atoms with Crippen LogP contribution in [0.5, 0.6) is 0 Å². The van der Waals surface area contributed by atoms with Crippen molar-refractivity contribution >= 4 is 69.9 Å². The van der Waals surface area contributed by atoms with Crippen molar-refractivity contribution in [1.29, 1.82) is 0 Å². The van der Waals surface area contributed by atoms with Gasteiger partial charge in [0.1, 0.15) is 11.4 Å². The minimum Gasteiger partial charge on any atom is -0.467 e. The normalized spacial score (nSPS) is 18.4. The minimum atomic E-state index is -2.08. The summed E-state index contributed by atoms with van der Waals surface area (Å²) in [4.78, 5) is 113. The number of rotatable bonds is 16. The van der Waals surface area contributed by atoms with Crippen LogP contribution in [0.25, 0.3) is 0 Å². The van der Waals surface area contributed by atoms with E-state index in [1.165, 1.54) is 13.8 Å². The second-order valence-corrected chi connectivity index (χ2v) is 14.1. The summed E-state index contributed by atoms with van der Waals surface area (Å²) in [6.07, 6.45) is -0.00688. The summed E-state index contributed by atoms with van der Waals surface area (Å²) in [5.41, 5.74) is -4.33. The van der Waals surface area contributed by atoms with Crippen molar-refractivity contribution in [2.75, 3.05) is 47.7 Å². The molecular formula is C45H42N6O10. The maximum atomic E-state index is 14.1. The molecular weight excluding hydrogens is 785 g/mol. The average molecular weight is 827 g/mol. The van der Waals surface area contributed by atoms with E-state index in [4.69, 9.17) is 9.47 Å². The van der Waals surface area contributed by atoms with E-state index in [1.807, 2.05) is 0 Å². The maximum Gasteiger partial charge on any atom is 0.336 e. The molecule has 4 aromatic rings. The number of ketones is 2. The fourth-order valence-corrected chi connectivity index (χ4v) is 7.36. The van der Waals surface area contributed by atoms with E-state index in [0.29, 0.717) is 11.4 Å². The second kappa shape index (κ2) is 17.9. The largest absolute Gasteiger partial charge is 0.467 e. The van der Waals surface area contributed by atoms with Crippen molar-refractivity contribution in [3.05, 3.63) is 144 Å². The molecule has 0 aliphatic carbocycles. The summed E-state index contributed by atoms with van der Waals surface area (Å²) >= 11 is 0. The highest BCUT2D eigenvalue weighted by Gasteiger charge is 2.60. The predicted molar refractivity (Wildman–Crippen MR) is 224 cm³/mol. The quantitative estimate of drug-likeness (QED) is 0.0728. The van der Waals surface area contributed by atoms with Crippen molar-refractivity contribution in [3.8, 4) is 0 Å². The monoisotopic (exact) mass is 826 g/mol. The Balaban J connectivity index is 1.20. The van der Waals surface area contributed by atoms with Gasteiger partial charge < -0.3 is 30.7 Å². The molecule has 0 saturated carbocycles. The van der Waals surface area contributed by atoms with Gasteiger partial charge in [0.05, 0.1) is 25.4 Å². The van der Waals surface area contributed by atoms with Crippen LogP contribution in [0.15, 0.2) is 144 Å². The third-order valence-corrected chi connectivity index (χ3v) is 10.3. The Morgan fingerprint density at radius 3 is 1.13 bits per heavy atom. The molecule has 0 aromatic heterocycles. The molecule has 16 nitrogen and oxygen atoms in total. The van der Waals surface area contributed by atoms with Crippen LogP contribution in [-0.2, 0) is 47.8 Å². The smallest absolute Gasteiger partial charge is 0.336 e. The molecule has 61 heavy (non-hydrogen) atoms. The predicted octanol–water partition coefficient (Wildman–Crippen LogP) is 3.44. The third-order valence-electron chi connectivity index (χ3n) is 10.3. The lowest BCUT2D eigenvalue weighted by molar-refractivity contribution is -0.147. The van der Waals surface area contributed by atoms with Gasteiger partial charge in [-0.25, -0.2) is 9.59 Å². The van der Waals surface area contributed by atoms with Crippen molar-refractivity contribution < 1.29 is 47.8 Å². The molecule has 0 spiro atoms. The zero-order valence-corrected chi connectivity index (χ0v) is 33.6. The summed E-state index contributed by atoms with van der Waals surface area (Å²) in [7, 11) is 2.20. The summed E-state index contributed by atoms with van der Waals surface area (Å²) in [5, 5.41) is 10.8. The van der Waals surface area contributed by atoms with E-state index < -0.39 is 69.4 Å². The molecule has 0 unspecified atom stereocenters. The number of hydrogen-bond acceptors (Lipinski definition) is 12. The van der Waals surface area contributed by atoms with Crippen molar-refractivity contribution in [2.45, 2.75) is 31.3 Å². The van der Waals surface area contributed by atoms with Crippen LogP contribution >= 0.6 is 0 Å². The van der Waals surface area contributed by atoms with E-state index in [-0.39, 0.29) is 42.3 Å². The van der Waals surface area contributed by atoms with Gasteiger partial charge in [-0.2, -0.15) is 0 Å². The zero-order valence-electron chi connectivity index (χ0n) is 33.6. The Bertz CT molecular complexity index is 2290. The molecule has 0 fully saturated rings. The first-order valence-electron chi connectivity index (χ1n) is 19.0. The van der Waals surface area contributed by atoms with Crippen LogP contribution in [0.4, 0.5) is 22.7 Å². The van der Waals surface area contributed by atoms with Gasteiger partial charge in [0.2, 0.25) is 0 Å². The van der Waals surface area contributed by atoms with Crippen LogP contribution < -0.4 is 31.1 Å². The zero-order chi connectivity index (χ0) is 43.9. The minimum absolute atomic E-state index is 0.00688. The van der Waals surface area contributed by atoms with Gasteiger partial charge >= 0.3 is 11.9 Å². The third kappa shape index (κ3) is 7.98. The number of para-hydroxylation sites is 4. The van der Waals surface area contributed by atoms with Crippen LogP contribution in [0.2, 0.25) is 0 Å². The molecule has 2 aliphatic rings. The topological polar surface area (TPSA) is 210 Å². The first kappa shape index (κ1) is 42.7. The number of nitrogens with zero attached hydrogens (tertiary/aromatic N) is 2. The number of hydrogen-bond donors (Lipinski definition) is 4. The van der Waals surface area contributed by atoms with E-state index in [0.717, 1.165) is 24.0 Å². The van der Waals surface area contributed by atoms with Gasteiger partial charge in [-0.1, -0.05) is 72.8 Å². The van der Waals surface area contributed by atoms with Gasteiger partial charge in [0, 0.05) is 35.8 Å². The molecule has 0 saturated heterocycles. The number of carbonyl (C=O) groups is 8. The van der Waals surface area contributed by atoms with Crippen molar-refractivity contribution in [2.24, 2.45) is 0 Å². The number of benzene rings is 4. The lowest BCUT2D eigenvalue weighted by Crippen LogP contribution is -2.55. The number of amides is 4. The van der Waals surface area contributed by atoms with Gasteiger partial charge in [-0.3, -0.25) is 38.6 Å². The van der Waals surface area contributed by atoms with Crippen molar-refractivity contribution in [3.63, 3.8) is 0 Å². The summed E-state index contributed by atoms with van der Waals surface area (Å²) < 4.78 is 10.2. The molecule has 2 heterocycles. The van der Waals surface area contributed by atoms with Gasteiger partial charge in [-0.15, -0.1) is 0 Å². The molecule has 2 atom stereocenters. The van der Waals surface area contributed by atoms with Gasteiger partial charge in [0.15, 0.2) is 11.1 Å². The van der Waals surface area contributed by atoms with E-state index in [9.17, 15) is 38.4 Å². The molecule has 4 aromatic carbocycles. The van der Waals surface area contributed by atoms with E-state index in [2.05, 4.69) is 21.3 Å². The van der Waals surface area contributed by atoms with E-state index in [1.54, 1.807) is 121 Å². The fourth-order valence-electron chi connectivity index (χ4n) is 7.36. The molecule has 16 heteroatoms. The Morgan fingerprint density at radius 2 is 0.820 bits per heavy atom. The second-order valence-electron chi connectivity index (χ2n) is 14.1. The highest BCUT2D eigenvalue weighted by atomic mass is 16.5. The first-order chi connectivity index (χ1) is 29.3. The highest BCUT2D eigenvalue weighted by Crippen LogP contribution is 2.42. The SMILES string of the molecule is COC(=O)[C@]1(C)C(C(=O)C(=O)NCCCNC(=O)C(=O)C2=C(Nc3ccccc3)C(=O)N(c3ccccc3)[C@]2(C)C(=O)OC)=C(Nc2ccccc2)C(=O)N1c1ccccc1. The number of carbonyl (C=O) groups excluding carboxylic acids is 8. The number of esters is 2. The maximum absolute atomic E-state index is 14.1.